The number of halogens is 2. The first-order chi connectivity index (χ1) is 16.3. The van der Waals surface area contributed by atoms with Crippen LogP contribution in [0.25, 0.3) is 0 Å². The molecule has 4 rings (SSSR count). The molecular weight excluding hydrogens is 464 g/mol. The number of benzene rings is 2. The predicted octanol–water partition coefficient (Wildman–Crippen LogP) is 2.72. The summed E-state index contributed by atoms with van der Waals surface area (Å²) < 4.78 is 59.4. The maximum atomic E-state index is 14.0. The van der Waals surface area contributed by atoms with Gasteiger partial charge in [-0.1, -0.05) is 6.07 Å². The first-order valence-electron chi connectivity index (χ1n) is 11.4. The normalized spacial score (nSPS) is 20.3. The Labute approximate surface area is 199 Å². The van der Waals surface area contributed by atoms with Crippen LogP contribution in [-0.4, -0.2) is 74.8 Å². The summed E-state index contributed by atoms with van der Waals surface area (Å²) in [7, 11) is -2.35. The number of amides is 1. The number of methoxy groups -OCH3 is 1. The molecule has 1 unspecified atom stereocenters. The highest BCUT2D eigenvalue weighted by atomic mass is 32.2. The molecule has 0 aliphatic carbocycles. The van der Waals surface area contributed by atoms with E-state index in [2.05, 4.69) is 4.90 Å². The minimum atomic E-state index is -3.78. The van der Waals surface area contributed by atoms with Crippen molar-refractivity contribution in [3.8, 4) is 5.75 Å². The number of hydrogen-bond donors (Lipinski definition) is 0. The molecule has 2 aliphatic rings. The van der Waals surface area contributed by atoms with E-state index in [0.29, 0.717) is 52.1 Å². The number of ether oxygens (including phenoxy) is 1. The van der Waals surface area contributed by atoms with Gasteiger partial charge in [-0.15, -0.1) is 0 Å². The second-order valence-corrected chi connectivity index (χ2v) is 10.7. The van der Waals surface area contributed by atoms with Gasteiger partial charge in [0.05, 0.1) is 17.9 Å². The lowest BCUT2D eigenvalue weighted by Crippen LogP contribution is -2.52. The standard InChI is InChI=1S/C24H29F2N3O4S/c1-33-23-9-4-18(15-22(23)26)16-27-11-13-28(14-12-27)24(30)19-3-2-10-29(17-19)34(31,32)21-7-5-20(25)6-8-21/h4-9,15,19H,2-3,10-14,16-17H2,1H3. The third-order valence-electron chi connectivity index (χ3n) is 6.49. The van der Waals surface area contributed by atoms with Gasteiger partial charge in [-0.2, -0.15) is 4.31 Å². The first kappa shape index (κ1) is 24.6. The summed E-state index contributed by atoms with van der Waals surface area (Å²) in [4.78, 5) is 17.2. The molecule has 2 heterocycles. The molecule has 0 spiro atoms. The van der Waals surface area contributed by atoms with Crippen LogP contribution in [0.1, 0.15) is 18.4 Å². The van der Waals surface area contributed by atoms with Crippen molar-refractivity contribution in [2.45, 2.75) is 24.3 Å². The van der Waals surface area contributed by atoms with Gasteiger partial charge in [0.1, 0.15) is 5.82 Å². The van der Waals surface area contributed by atoms with Crippen LogP contribution in [-0.2, 0) is 21.4 Å². The van der Waals surface area contributed by atoms with E-state index in [-0.39, 0.29) is 23.1 Å². The van der Waals surface area contributed by atoms with E-state index < -0.39 is 27.6 Å². The van der Waals surface area contributed by atoms with Crippen molar-refractivity contribution in [1.29, 1.82) is 0 Å². The van der Waals surface area contributed by atoms with E-state index in [1.807, 2.05) is 6.07 Å². The van der Waals surface area contributed by atoms with Crippen LogP contribution in [0.2, 0.25) is 0 Å². The van der Waals surface area contributed by atoms with Crippen LogP contribution in [0.3, 0.4) is 0 Å². The molecule has 2 aliphatic heterocycles. The maximum absolute atomic E-state index is 14.0. The molecule has 1 atom stereocenters. The third-order valence-corrected chi connectivity index (χ3v) is 8.37. The summed E-state index contributed by atoms with van der Waals surface area (Å²) in [6.45, 7) is 3.44. The topological polar surface area (TPSA) is 70.2 Å². The fourth-order valence-corrected chi connectivity index (χ4v) is 6.09. The molecule has 0 bridgehead atoms. The zero-order chi connectivity index (χ0) is 24.3. The summed E-state index contributed by atoms with van der Waals surface area (Å²) in [5, 5.41) is 0. The van der Waals surface area contributed by atoms with Crippen molar-refractivity contribution in [2.24, 2.45) is 5.92 Å². The van der Waals surface area contributed by atoms with Gasteiger partial charge < -0.3 is 9.64 Å². The van der Waals surface area contributed by atoms with Crippen molar-refractivity contribution < 1.29 is 26.7 Å². The van der Waals surface area contributed by atoms with Crippen LogP contribution < -0.4 is 4.74 Å². The summed E-state index contributed by atoms with van der Waals surface area (Å²) in [6.07, 6.45) is 1.24. The van der Waals surface area contributed by atoms with Crippen molar-refractivity contribution in [3.05, 3.63) is 59.7 Å². The highest BCUT2D eigenvalue weighted by molar-refractivity contribution is 7.89. The molecule has 0 radical (unpaired) electrons. The molecule has 2 saturated heterocycles. The van der Waals surface area contributed by atoms with Gasteiger partial charge in [0.15, 0.2) is 11.6 Å². The molecule has 2 aromatic rings. The van der Waals surface area contributed by atoms with Crippen LogP contribution in [0.4, 0.5) is 8.78 Å². The summed E-state index contributed by atoms with van der Waals surface area (Å²) in [5.74, 6) is -1.12. The van der Waals surface area contributed by atoms with Gasteiger partial charge in [0, 0.05) is 45.8 Å². The lowest BCUT2D eigenvalue weighted by molar-refractivity contribution is -0.138. The quantitative estimate of drug-likeness (QED) is 0.619. The maximum Gasteiger partial charge on any atom is 0.243 e. The molecule has 10 heteroatoms. The Balaban J connectivity index is 1.33. The predicted molar refractivity (Wildman–Crippen MR) is 123 cm³/mol. The Morgan fingerprint density at radius 2 is 1.74 bits per heavy atom. The second-order valence-electron chi connectivity index (χ2n) is 8.73. The number of carbonyl (C=O) groups is 1. The Kier molecular flexibility index (Phi) is 7.49. The minimum Gasteiger partial charge on any atom is -0.494 e. The first-order valence-corrected chi connectivity index (χ1v) is 12.8. The van der Waals surface area contributed by atoms with Crippen LogP contribution in [0.5, 0.6) is 5.75 Å². The van der Waals surface area contributed by atoms with E-state index in [0.717, 1.165) is 17.7 Å². The number of hydrogen-bond acceptors (Lipinski definition) is 5. The van der Waals surface area contributed by atoms with Crippen LogP contribution in [0.15, 0.2) is 47.4 Å². The van der Waals surface area contributed by atoms with E-state index >= 15 is 0 Å². The lowest BCUT2D eigenvalue weighted by atomic mass is 9.97. The lowest BCUT2D eigenvalue weighted by Gasteiger charge is -2.38. The smallest absolute Gasteiger partial charge is 0.243 e. The van der Waals surface area contributed by atoms with E-state index in [1.165, 1.54) is 29.6 Å². The fraction of sp³-hybridized carbons (Fsp3) is 0.458. The van der Waals surface area contributed by atoms with Crippen molar-refractivity contribution in [3.63, 3.8) is 0 Å². The number of piperazine rings is 1. The minimum absolute atomic E-state index is 0.0329. The molecule has 7 nitrogen and oxygen atoms in total. The Hall–Kier alpha value is -2.56. The van der Waals surface area contributed by atoms with Crippen LogP contribution in [0, 0.1) is 17.6 Å². The summed E-state index contributed by atoms with van der Waals surface area (Å²) in [5.41, 5.74) is 0.840. The summed E-state index contributed by atoms with van der Waals surface area (Å²) >= 11 is 0. The molecule has 0 saturated carbocycles. The van der Waals surface area contributed by atoms with Gasteiger partial charge in [0.25, 0.3) is 0 Å². The number of sulfonamides is 1. The molecule has 34 heavy (non-hydrogen) atoms. The molecule has 2 aromatic carbocycles. The third kappa shape index (κ3) is 5.39. The Bertz CT molecular complexity index is 1120. The summed E-state index contributed by atoms with van der Waals surface area (Å²) in [6, 6.07) is 9.66. The van der Waals surface area contributed by atoms with Gasteiger partial charge >= 0.3 is 0 Å². The van der Waals surface area contributed by atoms with E-state index in [4.69, 9.17) is 4.74 Å². The zero-order valence-corrected chi connectivity index (χ0v) is 19.9. The molecule has 0 N–H and O–H groups in total. The number of rotatable bonds is 6. The zero-order valence-electron chi connectivity index (χ0n) is 19.1. The largest absolute Gasteiger partial charge is 0.494 e. The van der Waals surface area contributed by atoms with Crippen molar-refractivity contribution in [2.75, 3.05) is 46.4 Å². The Morgan fingerprint density at radius 1 is 1.03 bits per heavy atom. The average molecular weight is 494 g/mol. The molecule has 184 valence electrons. The van der Waals surface area contributed by atoms with Gasteiger partial charge in [-0.05, 0) is 54.8 Å². The van der Waals surface area contributed by atoms with Gasteiger partial charge in [-0.3, -0.25) is 9.69 Å². The number of nitrogens with zero attached hydrogens (tertiary/aromatic N) is 3. The van der Waals surface area contributed by atoms with Crippen molar-refractivity contribution in [1.82, 2.24) is 14.1 Å². The highest BCUT2D eigenvalue weighted by Gasteiger charge is 2.35. The van der Waals surface area contributed by atoms with Gasteiger partial charge in [-0.25, -0.2) is 17.2 Å². The van der Waals surface area contributed by atoms with Gasteiger partial charge in [0.2, 0.25) is 15.9 Å². The average Bonchev–Trinajstić information content (AvgIpc) is 2.84. The Morgan fingerprint density at radius 3 is 2.38 bits per heavy atom. The highest BCUT2D eigenvalue weighted by Crippen LogP contribution is 2.26. The number of piperidine rings is 1. The molecule has 0 aromatic heterocycles. The monoisotopic (exact) mass is 493 g/mol. The van der Waals surface area contributed by atoms with E-state index in [9.17, 15) is 22.0 Å². The van der Waals surface area contributed by atoms with Crippen LogP contribution >= 0.6 is 0 Å². The van der Waals surface area contributed by atoms with E-state index in [1.54, 1.807) is 11.0 Å². The van der Waals surface area contributed by atoms with Crippen molar-refractivity contribution >= 4 is 15.9 Å². The SMILES string of the molecule is COc1ccc(CN2CCN(C(=O)C3CCCN(S(=O)(=O)c4ccc(F)cc4)C3)CC2)cc1F. The second kappa shape index (κ2) is 10.4. The molecular formula is C24H29F2N3O4S. The molecule has 2 fully saturated rings. The molecule has 1 amide bonds. The number of carbonyl (C=O) groups excluding carboxylic acids is 1. The fourth-order valence-electron chi connectivity index (χ4n) is 4.57.